The van der Waals surface area contributed by atoms with Crippen LogP contribution in [0.1, 0.15) is 17.5 Å². The van der Waals surface area contributed by atoms with Crippen LogP contribution in [-0.2, 0) is 14.1 Å². The molecule has 8 nitrogen and oxygen atoms in total. The van der Waals surface area contributed by atoms with E-state index in [9.17, 15) is 14.7 Å². The number of hydrogen-bond acceptors (Lipinski definition) is 5. The Morgan fingerprint density at radius 2 is 1.78 bits per heavy atom. The first-order chi connectivity index (χ1) is 12.8. The lowest BCUT2D eigenvalue weighted by atomic mass is 9.82. The number of nitrogens with zero attached hydrogens (tertiary/aromatic N) is 3. The number of fused-ring (bicyclic) bond motifs is 1. The van der Waals surface area contributed by atoms with Gasteiger partial charge in [0.15, 0.2) is 11.5 Å². The van der Waals surface area contributed by atoms with Crippen molar-refractivity contribution in [2.45, 2.75) is 22.9 Å². The summed E-state index contributed by atoms with van der Waals surface area (Å²) in [5.41, 5.74) is 0.00183. The minimum atomic E-state index is -0.750. The molecule has 27 heavy (non-hydrogen) atoms. The van der Waals surface area contributed by atoms with Crippen molar-refractivity contribution in [1.82, 2.24) is 13.9 Å². The molecular formula is C17H17Br2N3O5. The number of aliphatic hydroxyl groups is 1. The molecule has 1 aromatic carbocycles. The first-order valence-corrected chi connectivity index (χ1v) is 9.96. The van der Waals surface area contributed by atoms with Crippen LogP contribution in [0.4, 0.5) is 0 Å². The Balaban J connectivity index is 1.92. The van der Waals surface area contributed by atoms with Crippen LogP contribution in [0.5, 0.6) is 11.5 Å². The molecule has 4 rings (SSSR count). The maximum absolute atomic E-state index is 12.7. The summed E-state index contributed by atoms with van der Waals surface area (Å²) in [6.45, 7) is 0.145. The lowest BCUT2D eigenvalue weighted by Crippen LogP contribution is -2.40. The SMILES string of the molecule is Cn1c(=O)n(C)n([C@H]2C=C[C@@H](O)C(Br)C2c2cc3c(cc2Br)OCO3)c1=O. The van der Waals surface area contributed by atoms with E-state index < -0.39 is 23.5 Å². The zero-order valence-corrected chi connectivity index (χ0v) is 17.7. The smallest absolute Gasteiger partial charge is 0.347 e. The molecule has 1 aliphatic heterocycles. The fraction of sp³-hybridized carbons (Fsp3) is 0.412. The van der Waals surface area contributed by atoms with Crippen molar-refractivity contribution >= 4 is 31.9 Å². The molecule has 0 amide bonds. The van der Waals surface area contributed by atoms with Gasteiger partial charge in [-0.15, -0.1) is 0 Å². The molecule has 2 aromatic rings. The topological polar surface area (TPSA) is 87.6 Å². The van der Waals surface area contributed by atoms with Gasteiger partial charge in [-0.05, 0) is 17.7 Å². The number of aliphatic hydroxyl groups excluding tert-OH is 1. The third-order valence-electron chi connectivity index (χ3n) is 5.05. The minimum Gasteiger partial charge on any atom is -0.454 e. The van der Waals surface area contributed by atoms with Crippen molar-refractivity contribution in [2.24, 2.45) is 14.1 Å². The molecule has 1 aromatic heterocycles. The zero-order valence-electron chi connectivity index (χ0n) is 14.5. The summed E-state index contributed by atoms with van der Waals surface area (Å²) in [6.07, 6.45) is 2.64. The van der Waals surface area contributed by atoms with Crippen molar-refractivity contribution in [3.05, 3.63) is 55.3 Å². The van der Waals surface area contributed by atoms with Gasteiger partial charge >= 0.3 is 11.4 Å². The number of halogens is 2. The summed E-state index contributed by atoms with van der Waals surface area (Å²) in [5, 5.41) is 10.4. The van der Waals surface area contributed by atoms with Crippen molar-refractivity contribution in [2.75, 3.05) is 6.79 Å². The molecule has 4 atom stereocenters. The summed E-state index contributed by atoms with van der Waals surface area (Å²) >= 11 is 7.15. The maximum Gasteiger partial charge on any atom is 0.347 e. The predicted molar refractivity (Wildman–Crippen MR) is 105 cm³/mol. The highest BCUT2D eigenvalue weighted by molar-refractivity contribution is 9.10. The molecule has 1 N–H and O–H groups in total. The second-order valence-electron chi connectivity index (χ2n) is 6.56. The van der Waals surface area contributed by atoms with Crippen LogP contribution < -0.4 is 20.9 Å². The molecule has 2 heterocycles. The molecule has 0 radical (unpaired) electrons. The monoisotopic (exact) mass is 501 g/mol. The summed E-state index contributed by atoms with van der Waals surface area (Å²) < 4.78 is 15.4. The van der Waals surface area contributed by atoms with Gasteiger partial charge in [-0.25, -0.2) is 23.5 Å². The third-order valence-corrected chi connectivity index (χ3v) is 6.84. The summed E-state index contributed by atoms with van der Waals surface area (Å²) in [4.78, 5) is 24.5. The zero-order chi connectivity index (χ0) is 19.5. The van der Waals surface area contributed by atoms with Gasteiger partial charge in [0, 0.05) is 24.5 Å². The van der Waals surface area contributed by atoms with Crippen molar-refractivity contribution in [3.63, 3.8) is 0 Å². The molecule has 2 unspecified atom stereocenters. The average molecular weight is 503 g/mol. The summed E-state index contributed by atoms with van der Waals surface area (Å²) in [5.74, 6) is 0.883. The van der Waals surface area contributed by atoms with Gasteiger partial charge in [-0.3, -0.25) is 0 Å². The van der Waals surface area contributed by atoms with Crippen molar-refractivity contribution < 1.29 is 14.6 Å². The van der Waals surface area contributed by atoms with E-state index in [2.05, 4.69) is 31.9 Å². The molecule has 0 spiro atoms. The molecule has 1 aliphatic carbocycles. The number of aromatic nitrogens is 3. The number of benzene rings is 1. The Labute approximate surface area is 170 Å². The number of hydrogen-bond donors (Lipinski definition) is 1. The van der Waals surface area contributed by atoms with Crippen molar-refractivity contribution in [3.8, 4) is 11.5 Å². The maximum atomic E-state index is 12.7. The molecule has 2 aliphatic rings. The van der Waals surface area contributed by atoms with Gasteiger partial charge in [0.1, 0.15) is 0 Å². The molecule has 0 fully saturated rings. The lowest BCUT2D eigenvalue weighted by Gasteiger charge is -2.36. The predicted octanol–water partition coefficient (Wildman–Crippen LogP) is 1.40. The van der Waals surface area contributed by atoms with Crippen LogP contribution >= 0.6 is 31.9 Å². The molecule has 0 bridgehead atoms. The normalized spacial score (nSPS) is 26.6. The Morgan fingerprint density at radius 3 is 2.41 bits per heavy atom. The van der Waals surface area contributed by atoms with Crippen LogP contribution in [-0.4, -0.2) is 36.8 Å². The van der Waals surface area contributed by atoms with Gasteiger partial charge in [0.25, 0.3) is 0 Å². The molecular weight excluding hydrogens is 486 g/mol. The van der Waals surface area contributed by atoms with Crippen LogP contribution in [0, 0.1) is 0 Å². The Hall–Kier alpha value is -1.78. The van der Waals surface area contributed by atoms with E-state index >= 15 is 0 Å². The van der Waals surface area contributed by atoms with E-state index in [0.717, 1.165) is 14.6 Å². The quantitative estimate of drug-likeness (QED) is 0.495. The molecule has 0 saturated heterocycles. The van der Waals surface area contributed by atoms with E-state index in [1.165, 1.54) is 16.4 Å². The van der Waals surface area contributed by atoms with Gasteiger partial charge in [0.2, 0.25) is 6.79 Å². The standard InChI is InChI=1S/C17H17Br2N3O5/c1-20-16(24)21(2)22(17(20)25)10-3-4-11(23)15(19)14(10)8-5-12-13(6-9(8)18)27-7-26-12/h3-6,10-11,14-15,23H,7H2,1-2H3/t10-,11+,14?,15?/m0/s1. The van der Waals surface area contributed by atoms with E-state index in [4.69, 9.17) is 9.47 Å². The Bertz CT molecular complexity index is 1050. The number of rotatable bonds is 2. The van der Waals surface area contributed by atoms with Gasteiger partial charge in [0.05, 0.1) is 17.0 Å². The van der Waals surface area contributed by atoms with Crippen LogP contribution in [0.2, 0.25) is 0 Å². The second kappa shape index (κ2) is 6.68. The lowest BCUT2D eigenvalue weighted by molar-refractivity contribution is 0.173. The average Bonchev–Trinajstić information content (AvgIpc) is 3.16. The number of alkyl halides is 1. The highest BCUT2D eigenvalue weighted by Crippen LogP contribution is 2.47. The second-order valence-corrected chi connectivity index (χ2v) is 8.47. The molecule has 10 heteroatoms. The van der Waals surface area contributed by atoms with Crippen LogP contribution in [0.3, 0.4) is 0 Å². The number of ether oxygens (including phenoxy) is 2. The van der Waals surface area contributed by atoms with E-state index in [1.54, 1.807) is 19.2 Å². The molecule has 0 saturated carbocycles. The highest BCUT2D eigenvalue weighted by atomic mass is 79.9. The first kappa shape index (κ1) is 18.6. The molecule has 144 valence electrons. The van der Waals surface area contributed by atoms with E-state index in [-0.39, 0.29) is 17.5 Å². The van der Waals surface area contributed by atoms with Gasteiger partial charge < -0.3 is 14.6 Å². The largest absolute Gasteiger partial charge is 0.454 e. The van der Waals surface area contributed by atoms with Crippen LogP contribution in [0.15, 0.2) is 38.3 Å². The van der Waals surface area contributed by atoms with Gasteiger partial charge in [-0.2, -0.15) is 0 Å². The fourth-order valence-corrected chi connectivity index (χ4v) is 4.99. The van der Waals surface area contributed by atoms with Crippen LogP contribution in [0.25, 0.3) is 0 Å². The first-order valence-electron chi connectivity index (χ1n) is 8.25. The summed E-state index contributed by atoms with van der Waals surface area (Å²) in [7, 11) is 3.00. The van der Waals surface area contributed by atoms with E-state index in [1.807, 2.05) is 12.1 Å². The fourth-order valence-electron chi connectivity index (χ4n) is 3.63. The number of allylic oxidation sites excluding steroid dienone is 1. The third kappa shape index (κ3) is 2.81. The van der Waals surface area contributed by atoms with Crippen molar-refractivity contribution in [1.29, 1.82) is 0 Å². The van der Waals surface area contributed by atoms with E-state index in [0.29, 0.717) is 11.5 Å². The summed E-state index contributed by atoms with van der Waals surface area (Å²) in [6, 6.07) is 3.17. The highest BCUT2D eigenvalue weighted by Gasteiger charge is 2.40. The Kier molecular flexibility index (Phi) is 4.59. The van der Waals surface area contributed by atoms with Gasteiger partial charge in [-0.1, -0.05) is 44.0 Å². The minimum absolute atomic E-state index is 0.145. The Morgan fingerprint density at radius 1 is 1.11 bits per heavy atom.